The van der Waals surface area contributed by atoms with Crippen molar-refractivity contribution < 1.29 is 9.90 Å². The van der Waals surface area contributed by atoms with E-state index in [0.29, 0.717) is 12.8 Å². The molecule has 0 saturated heterocycles. The summed E-state index contributed by atoms with van der Waals surface area (Å²) in [5, 5.41) is 12.4. The summed E-state index contributed by atoms with van der Waals surface area (Å²) in [6.07, 6.45) is 0.542. The van der Waals surface area contributed by atoms with Crippen molar-refractivity contribution in [2.24, 2.45) is 0 Å². The molecular weight excluding hydrogens is 294 g/mol. The zero-order valence-corrected chi connectivity index (χ0v) is 12.6. The van der Waals surface area contributed by atoms with Crippen LogP contribution in [0, 0.1) is 0 Å². The first-order chi connectivity index (χ1) is 8.31. The molecule has 100 valence electrons. The van der Waals surface area contributed by atoms with Crippen LogP contribution < -0.4 is 5.32 Å². The SMILES string of the molecule is CC(O)C(C)(C)NC(=O)CCc1cccc(Br)c1. The molecule has 1 aromatic carbocycles. The van der Waals surface area contributed by atoms with E-state index >= 15 is 0 Å². The maximum Gasteiger partial charge on any atom is 0.220 e. The predicted molar refractivity (Wildman–Crippen MR) is 76.4 cm³/mol. The highest BCUT2D eigenvalue weighted by Crippen LogP contribution is 2.14. The van der Waals surface area contributed by atoms with Crippen molar-refractivity contribution in [3.8, 4) is 0 Å². The van der Waals surface area contributed by atoms with Crippen LogP contribution in [0.15, 0.2) is 28.7 Å². The Morgan fingerprint density at radius 1 is 1.50 bits per heavy atom. The second kappa shape index (κ2) is 6.34. The van der Waals surface area contributed by atoms with Gasteiger partial charge in [-0.15, -0.1) is 0 Å². The second-order valence-corrected chi connectivity index (χ2v) is 5.99. The molecule has 1 rings (SSSR count). The molecule has 0 radical (unpaired) electrons. The summed E-state index contributed by atoms with van der Waals surface area (Å²) in [7, 11) is 0. The summed E-state index contributed by atoms with van der Waals surface area (Å²) in [5.74, 6) is -0.0409. The van der Waals surface area contributed by atoms with E-state index in [1.807, 2.05) is 38.1 Å². The fourth-order valence-corrected chi connectivity index (χ4v) is 1.92. The first kappa shape index (κ1) is 15.2. The number of nitrogens with one attached hydrogen (secondary N) is 1. The average molecular weight is 314 g/mol. The molecule has 1 unspecified atom stereocenters. The number of halogens is 1. The molecule has 4 heteroatoms. The number of aliphatic hydroxyl groups is 1. The van der Waals surface area contributed by atoms with Crippen LogP contribution in [0.4, 0.5) is 0 Å². The van der Waals surface area contributed by atoms with Gasteiger partial charge in [-0.1, -0.05) is 28.1 Å². The summed E-state index contributed by atoms with van der Waals surface area (Å²) >= 11 is 3.40. The van der Waals surface area contributed by atoms with E-state index in [2.05, 4.69) is 21.2 Å². The standard InChI is InChI=1S/C14H20BrNO2/c1-10(17)14(2,3)16-13(18)8-7-11-5-4-6-12(15)9-11/h4-6,9-10,17H,7-8H2,1-3H3,(H,16,18). The fourth-order valence-electron chi connectivity index (χ4n) is 1.48. The van der Waals surface area contributed by atoms with E-state index in [9.17, 15) is 9.90 Å². The summed E-state index contributed by atoms with van der Waals surface area (Å²) < 4.78 is 1.02. The van der Waals surface area contributed by atoms with Crippen LogP contribution in [0.5, 0.6) is 0 Å². The predicted octanol–water partition coefficient (Wildman–Crippen LogP) is 2.66. The number of amides is 1. The van der Waals surface area contributed by atoms with Gasteiger partial charge in [-0.3, -0.25) is 4.79 Å². The lowest BCUT2D eigenvalue weighted by atomic mass is 9.98. The van der Waals surface area contributed by atoms with Gasteiger partial charge in [-0.25, -0.2) is 0 Å². The summed E-state index contributed by atoms with van der Waals surface area (Å²) in [6.45, 7) is 5.30. The number of carbonyl (C=O) groups excluding carboxylic acids is 1. The maximum atomic E-state index is 11.8. The van der Waals surface area contributed by atoms with E-state index in [-0.39, 0.29) is 5.91 Å². The number of rotatable bonds is 5. The molecular formula is C14H20BrNO2. The lowest BCUT2D eigenvalue weighted by Gasteiger charge is -2.29. The maximum absolute atomic E-state index is 11.8. The Bertz CT molecular complexity index is 416. The molecule has 1 aromatic rings. The summed E-state index contributed by atoms with van der Waals surface area (Å²) in [5.41, 5.74) is 0.531. The molecule has 0 saturated carbocycles. The Morgan fingerprint density at radius 2 is 2.17 bits per heavy atom. The minimum Gasteiger partial charge on any atom is -0.391 e. The van der Waals surface area contributed by atoms with E-state index in [1.165, 1.54) is 0 Å². The largest absolute Gasteiger partial charge is 0.391 e. The summed E-state index contributed by atoms with van der Waals surface area (Å²) in [4.78, 5) is 11.8. The van der Waals surface area contributed by atoms with Gasteiger partial charge in [0.2, 0.25) is 5.91 Å². The zero-order valence-electron chi connectivity index (χ0n) is 11.0. The second-order valence-electron chi connectivity index (χ2n) is 5.08. The minimum atomic E-state index is -0.589. The molecule has 1 amide bonds. The van der Waals surface area contributed by atoms with Gasteiger partial charge in [-0.05, 0) is 44.9 Å². The third-order valence-electron chi connectivity index (χ3n) is 3.04. The lowest BCUT2D eigenvalue weighted by Crippen LogP contribution is -2.51. The normalized spacial score (nSPS) is 13.2. The average Bonchev–Trinajstić information content (AvgIpc) is 2.25. The molecule has 2 N–H and O–H groups in total. The Morgan fingerprint density at radius 3 is 2.72 bits per heavy atom. The number of aryl methyl sites for hydroxylation is 1. The Hall–Kier alpha value is -0.870. The molecule has 3 nitrogen and oxygen atoms in total. The van der Waals surface area contributed by atoms with Crippen molar-refractivity contribution in [3.63, 3.8) is 0 Å². The molecule has 0 spiro atoms. The Labute approximate surface area is 117 Å². The number of carbonyl (C=O) groups is 1. The molecule has 0 bridgehead atoms. The van der Waals surface area contributed by atoms with Gasteiger partial charge >= 0.3 is 0 Å². The first-order valence-corrected chi connectivity index (χ1v) is 6.84. The van der Waals surface area contributed by atoms with Gasteiger partial charge < -0.3 is 10.4 Å². The summed E-state index contributed by atoms with van der Waals surface area (Å²) in [6, 6.07) is 7.92. The third kappa shape index (κ3) is 4.78. The van der Waals surface area contributed by atoms with Gasteiger partial charge in [-0.2, -0.15) is 0 Å². The molecule has 0 aliphatic rings. The monoisotopic (exact) mass is 313 g/mol. The van der Waals surface area contributed by atoms with Crippen LogP contribution in [0.1, 0.15) is 32.8 Å². The quantitative estimate of drug-likeness (QED) is 0.878. The van der Waals surface area contributed by atoms with Crippen LogP contribution in [-0.2, 0) is 11.2 Å². The van der Waals surface area contributed by atoms with E-state index in [1.54, 1.807) is 6.92 Å². The fraction of sp³-hybridized carbons (Fsp3) is 0.500. The van der Waals surface area contributed by atoms with Crippen molar-refractivity contribution in [2.75, 3.05) is 0 Å². The van der Waals surface area contributed by atoms with E-state index < -0.39 is 11.6 Å². The molecule has 0 aromatic heterocycles. The molecule has 1 atom stereocenters. The minimum absolute atomic E-state index is 0.0409. The zero-order chi connectivity index (χ0) is 13.8. The van der Waals surface area contributed by atoms with Crippen molar-refractivity contribution in [3.05, 3.63) is 34.3 Å². The van der Waals surface area contributed by atoms with Crippen molar-refractivity contribution in [1.29, 1.82) is 0 Å². The van der Waals surface area contributed by atoms with Crippen LogP contribution in [0.25, 0.3) is 0 Å². The Kier molecular flexibility index (Phi) is 5.35. The van der Waals surface area contributed by atoms with E-state index in [4.69, 9.17) is 0 Å². The van der Waals surface area contributed by atoms with Gasteiger partial charge in [0, 0.05) is 10.9 Å². The van der Waals surface area contributed by atoms with Gasteiger partial charge in [0.25, 0.3) is 0 Å². The molecule has 18 heavy (non-hydrogen) atoms. The Balaban J connectivity index is 2.47. The topological polar surface area (TPSA) is 49.3 Å². The molecule has 0 aliphatic heterocycles. The molecule has 0 heterocycles. The van der Waals surface area contributed by atoms with Gasteiger partial charge in [0.15, 0.2) is 0 Å². The third-order valence-corrected chi connectivity index (χ3v) is 3.53. The lowest BCUT2D eigenvalue weighted by molar-refractivity contribution is -0.123. The van der Waals surface area contributed by atoms with Crippen molar-refractivity contribution in [1.82, 2.24) is 5.32 Å². The van der Waals surface area contributed by atoms with Gasteiger partial charge in [0.1, 0.15) is 0 Å². The number of hydrogen-bond acceptors (Lipinski definition) is 2. The smallest absolute Gasteiger partial charge is 0.220 e. The number of hydrogen-bond donors (Lipinski definition) is 2. The van der Waals surface area contributed by atoms with E-state index in [0.717, 1.165) is 10.0 Å². The number of benzene rings is 1. The van der Waals surface area contributed by atoms with Crippen molar-refractivity contribution in [2.45, 2.75) is 45.3 Å². The van der Waals surface area contributed by atoms with Crippen molar-refractivity contribution >= 4 is 21.8 Å². The van der Waals surface area contributed by atoms with Crippen LogP contribution in [0.2, 0.25) is 0 Å². The van der Waals surface area contributed by atoms with Crippen LogP contribution >= 0.6 is 15.9 Å². The van der Waals surface area contributed by atoms with Crippen LogP contribution in [0.3, 0.4) is 0 Å². The highest BCUT2D eigenvalue weighted by Gasteiger charge is 2.25. The van der Waals surface area contributed by atoms with Crippen LogP contribution in [-0.4, -0.2) is 22.7 Å². The number of aliphatic hydroxyl groups excluding tert-OH is 1. The van der Waals surface area contributed by atoms with Gasteiger partial charge in [0.05, 0.1) is 11.6 Å². The highest BCUT2D eigenvalue weighted by molar-refractivity contribution is 9.10. The highest BCUT2D eigenvalue weighted by atomic mass is 79.9. The molecule has 0 aliphatic carbocycles. The molecule has 0 fully saturated rings. The first-order valence-electron chi connectivity index (χ1n) is 6.05.